The van der Waals surface area contributed by atoms with Gasteiger partial charge in [0.2, 0.25) is 5.91 Å². The number of carbonyl (C=O) groups is 1. The van der Waals surface area contributed by atoms with Crippen LogP contribution in [0.15, 0.2) is 29.6 Å². The molecule has 2 N–H and O–H groups in total. The maximum Gasteiger partial charge on any atom is 0.228 e. The molecule has 0 bridgehead atoms. The highest BCUT2D eigenvalue weighted by molar-refractivity contribution is 7.13. The van der Waals surface area contributed by atoms with Crippen LogP contribution in [0.5, 0.6) is 0 Å². The molecular weight excluding hydrogens is 354 g/mol. The summed E-state index contributed by atoms with van der Waals surface area (Å²) in [6.45, 7) is 6.50. The number of amides is 1. The number of benzene rings is 1. The van der Waals surface area contributed by atoms with Gasteiger partial charge >= 0.3 is 0 Å². The van der Waals surface area contributed by atoms with Crippen LogP contribution in [0.4, 0.5) is 0 Å². The van der Waals surface area contributed by atoms with Crippen LogP contribution in [0.3, 0.4) is 0 Å². The Morgan fingerprint density at radius 1 is 1.36 bits per heavy atom. The van der Waals surface area contributed by atoms with Crippen LogP contribution in [-0.4, -0.2) is 35.4 Å². The third-order valence-electron chi connectivity index (χ3n) is 4.90. The first-order valence-electron chi connectivity index (χ1n) is 8.54. The first-order chi connectivity index (χ1) is 11.5. The second-order valence-electron chi connectivity index (χ2n) is 6.95. The highest BCUT2D eigenvalue weighted by Crippen LogP contribution is 2.29. The number of halogens is 1. The van der Waals surface area contributed by atoms with E-state index in [0.29, 0.717) is 13.0 Å². The SMILES string of the molecule is CCc1ccc(-c2nc(CC(=O)N3CCC(C)(CN)C3)cs2)cc1.Cl. The van der Waals surface area contributed by atoms with Crippen LogP contribution >= 0.6 is 23.7 Å². The maximum atomic E-state index is 12.5. The standard InChI is InChI=1S/C19H25N3OS.ClH/c1-3-14-4-6-15(7-5-14)18-21-16(11-24-18)10-17(23)22-9-8-19(2,12-20)13-22;/h4-7,11H,3,8-10,12-13,20H2,1-2H3;1H. The molecule has 1 saturated heterocycles. The van der Waals surface area contributed by atoms with Gasteiger partial charge in [-0.1, -0.05) is 38.1 Å². The summed E-state index contributed by atoms with van der Waals surface area (Å²) in [6, 6.07) is 8.49. The summed E-state index contributed by atoms with van der Waals surface area (Å²) in [5.41, 5.74) is 9.20. The van der Waals surface area contributed by atoms with E-state index in [1.165, 1.54) is 5.56 Å². The van der Waals surface area contributed by atoms with Gasteiger partial charge < -0.3 is 10.6 Å². The van der Waals surface area contributed by atoms with Gasteiger partial charge in [0.05, 0.1) is 12.1 Å². The van der Waals surface area contributed by atoms with Crippen LogP contribution in [-0.2, 0) is 17.6 Å². The Morgan fingerprint density at radius 2 is 2.08 bits per heavy atom. The summed E-state index contributed by atoms with van der Waals surface area (Å²) >= 11 is 1.60. The van der Waals surface area contributed by atoms with Crippen LogP contribution < -0.4 is 5.73 Å². The second-order valence-corrected chi connectivity index (χ2v) is 7.81. The quantitative estimate of drug-likeness (QED) is 0.864. The highest BCUT2D eigenvalue weighted by Gasteiger charge is 2.34. The molecule has 2 heterocycles. The largest absolute Gasteiger partial charge is 0.342 e. The molecule has 1 aromatic carbocycles. The molecule has 136 valence electrons. The first-order valence-corrected chi connectivity index (χ1v) is 9.42. The van der Waals surface area contributed by atoms with Crippen molar-refractivity contribution >= 4 is 29.7 Å². The molecular formula is C19H26ClN3OS. The van der Waals surface area contributed by atoms with Crippen molar-refractivity contribution in [2.45, 2.75) is 33.1 Å². The number of carbonyl (C=O) groups excluding carboxylic acids is 1. The molecule has 1 aliphatic rings. The van der Waals surface area contributed by atoms with Gasteiger partial charge in [0.25, 0.3) is 0 Å². The van der Waals surface area contributed by atoms with Crippen LogP contribution in [0.2, 0.25) is 0 Å². The van der Waals surface area contributed by atoms with Crippen molar-refractivity contribution < 1.29 is 4.79 Å². The molecule has 6 heteroatoms. The van der Waals surface area contributed by atoms with E-state index in [9.17, 15) is 4.79 Å². The lowest BCUT2D eigenvalue weighted by molar-refractivity contribution is -0.129. The van der Waals surface area contributed by atoms with E-state index in [4.69, 9.17) is 5.73 Å². The minimum absolute atomic E-state index is 0. The lowest BCUT2D eigenvalue weighted by Crippen LogP contribution is -2.35. The second kappa shape index (κ2) is 8.30. The average molecular weight is 380 g/mol. The predicted molar refractivity (Wildman–Crippen MR) is 106 cm³/mol. The van der Waals surface area contributed by atoms with Crippen molar-refractivity contribution in [1.29, 1.82) is 0 Å². The third kappa shape index (κ3) is 4.60. The van der Waals surface area contributed by atoms with E-state index in [-0.39, 0.29) is 23.7 Å². The molecule has 1 unspecified atom stereocenters. The molecule has 25 heavy (non-hydrogen) atoms. The minimum Gasteiger partial charge on any atom is -0.342 e. The smallest absolute Gasteiger partial charge is 0.228 e. The molecule has 2 aromatic rings. The van der Waals surface area contributed by atoms with Crippen molar-refractivity contribution in [1.82, 2.24) is 9.88 Å². The van der Waals surface area contributed by atoms with E-state index in [1.807, 2.05) is 10.3 Å². The van der Waals surface area contributed by atoms with E-state index in [1.54, 1.807) is 11.3 Å². The summed E-state index contributed by atoms with van der Waals surface area (Å²) in [5.74, 6) is 0.158. The molecule has 4 nitrogen and oxygen atoms in total. The summed E-state index contributed by atoms with van der Waals surface area (Å²) < 4.78 is 0. The number of nitrogens with two attached hydrogens (primary N) is 1. The summed E-state index contributed by atoms with van der Waals surface area (Å²) in [7, 11) is 0. The lowest BCUT2D eigenvalue weighted by atomic mass is 9.90. The van der Waals surface area contributed by atoms with Crippen molar-refractivity contribution in [2.24, 2.45) is 11.1 Å². The Hall–Kier alpha value is -1.43. The lowest BCUT2D eigenvalue weighted by Gasteiger charge is -2.22. The van der Waals surface area contributed by atoms with Gasteiger partial charge in [0.15, 0.2) is 0 Å². The Bertz CT molecular complexity index is 716. The molecule has 1 atom stereocenters. The Kier molecular flexibility index (Phi) is 6.60. The van der Waals surface area contributed by atoms with Gasteiger partial charge in [-0.2, -0.15) is 0 Å². The number of nitrogens with zero attached hydrogens (tertiary/aromatic N) is 2. The van der Waals surface area contributed by atoms with Crippen molar-refractivity contribution in [3.05, 3.63) is 40.9 Å². The predicted octanol–water partition coefficient (Wildman–Crippen LogP) is 3.53. The van der Waals surface area contributed by atoms with Crippen molar-refractivity contribution in [3.63, 3.8) is 0 Å². The number of hydrogen-bond acceptors (Lipinski definition) is 4. The molecule has 3 rings (SSSR count). The number of aryl methyl sites for hydroxylation is 1. The van der Waals surface area contributed by atoms with Gasteiger partial charge in [-0.3, -0.25) is 4.79 Å². The molecule has 1 aliphatic heterocycles. The third-order valence-corrected chi connectivity index (χ3v) is 5.84. The Balaban J connectivity index is 0.00000225. The fourth-order valence-corrected chi connectivity index (χ4v) is 3.90. The highest BCUT2D eigenvalue weighted by atomic mass is 35.5. The zero-order valence-electron chi connectivity index (χ0n) is 14.8. The summed E-state index contributed by atoms with van der Waals surface area (Å²) in [6.07, 6.45) is 2.40. The molecule has 0 aliphatic carbocycles. The van der Waals surface area contributed by atoms with Crippen molar-refractivity contribution in [2.75, 3.05) is 19.6 Å². The molecule has 0 saturated carbocycles. The van der Waals surface area contributed by atoms with Gasteiger partial charge in [-0.05, 0) is 30.4 Å². The average Bonchev–Trinajstić information content (AvgIpc) is 3.22. The normalized spacial score (nSPS) is 19.7. The van der Waals surface area contributed by atoms with Gasteiger partial charge in [-0.25, -0.2) is 4.98 Å². The number of hydrogen-bond donors (Lipinski definition) is 1. The number of likely N-dealkylation sites (tertiary alicyclic amines) is 1. The van der Waals surface area contributed by atoms with Crippen LogP contribution in [0.25, 0.3) is 10.6 Å². The minimum atomic E-state index is 0. The molecule has 1 fully saturated rings. The Morgan fingerprint density at radius 3 is 2.68 bits per heavy atom. The van der Waals surface area contributed by atoms with E-state index < -0.39 is 0 Å². The Labute approximate surface area is 159 Å². The van der Waals surface area contributed by atoms with Crippen LogP contribution in [0, 0.1) is 5.41 Å². The van der Waals surface area contributed by atoms with Gasteiger partial charge in [-0.15, -0.1) is 23.7 Å². The van der Waals surface area contributed by atoms with E-state index in [0.717, 1.165) is 42.2 Å². The monoisotopic (exact) mass is 379 g/mol. The first kappa shape index (κ1) is 19.9. The van der Waals surface area contributed by atoms with Crippen LogP contribution in [0.1, 0.15) is 31.5 Å². The zero-order chi connectivity index (χ0) is 17.2. The van der Waals surface area contributed by atoms with E-state index >= 15 is 0 Å². The number of aromatic nitrogens is 1. The topological polar surface area (TPSA) is 59.2 Å². The maximum absolute atomic E-state index is 12.5. The fraction of sp³-hybridized carbons (Fsp3) is 0.474. The molecule has 0 spiro atoms. The van der Waals surface area contributed by atoms with Gasteiger partial charge in [0, 0.05) is 24.0 Å². The van der Waals surface area contributed by atoms with Gasteiger partial charge in [0.1, 0.15) is 5.01 Å². The molecule has 0 radical (unpaired) electrons. The van der Waals surface area contributed by atoms with Crippen molar-refractivity contribution in [3.8, 4) is 10.6 Å². The summed E-state index contributed by atoms with van der Waals surface area (Å²) in [5, 5.41) is 2.98. The number of rotatable bonds is 5. The zero-order valence-corrected chi connectivity index (χ0v) is 16.5. The fourth-order valence-electron chi connectivity index (χ4n) is 3.07. The summed E-state index contributed by atoms with van der Waals surface area (Å²) in [4.78, 5) is 19.1. The molecule has 1 amide bonds. The molecule has 1 aromatic heterocycles. The number of thiazole rings is 1. The van der Waals surface area contributed by atoms with E-state index in [2.05, 4.69) is 43.1 Å².